The van der Waals surface area contributed by atoms with E-state index >= 15 is 0 Å². The average molecular weight is 366 g/mol. The number of benzene rings is 2. The topological polar surface area (TPSA) is 49.4 Å². The van der Waals surface area contributed by atoms with Crippen LogP contribution in [0.25, 0.3) is 0 Å². The molecule has 2 aromatic carbocycles. The van der Waals surface area contributed by atoms with E-state index in [4.69, 9.17) is 0 Å². The molecular weight excluding hydrogens is 346 g/mol. The van der Waals surface area contributed by atoms with Crippen LogP contribution in [0.2, 0.25) is 0 Å². The van der Waals surface area contributed by atoms with Crippen LogP contribution in [0.3, 0.4) is 0 Å². The third-order valence-electron chi connectivity index (χ3n) is 4.34. The molecule has 7 heteroatoms. The van der Waals surface area contributed by atoms with Gasteiger partial charge in [-0.2, -0.15) is 0 Å². The van der Waals surface area contributed by atoms with Crippen LogP contribution >= 0.6 is 0 Å². The van der Waals surface area contributed by atoms with Crippen molar-refractivity contribution >= 4 is 21.4 Å². The first-order chi connectivity index (χ1) is 11.9. The molecule has 1 fully saturated rings. The molecule has 0 unspecified atom stereocenters. The maximum Gasteiger partial charge on any atom is 0.261 e. The second-order valence-corrected chi connectivity index (χ2v) is 7.91. The number of anilines is 2. The van der Waals surface area contributed by atoms with E-state index in [1.165, 1.54) is 31.2 Å². The zero-order valence-corrected chi connectivity index (χ0v) is 14.7. The number of piperidine rings is 1. The fourth-order valence-electron chi connectivity index (χ4n) is 2.99. The highest BCUT2D eigenvalue weighted by molar-refractivity contribution is 7.92. The largest absolute Gasteiger partial charge is 0.370 e. The minimum atomic E-state index is -3.94. The summed E-state index contributed by atoms with van der Waals surface area (Å²) in [6.45, 7) is 3.10. The van der Waals surface area contributed by atoms with Crippen LogP contribution in [-0.2, 0) is 10.0 Å². The predicted molar refractivity (Wildman–Crippen MR) is 94.4 cm³/mol. The SMILES string of the molecule is Cc1cc(S(=O)(=O)Nc2cc(F)ccc2N2CCCCC2)ccc1F. The summed E-state index contributed by atoms with van der Waals surface area (Å²) in [6.07, 6.45) is 3.16. The molecule has 1 heterocycles. The molecule has 1 N–H and O–H groups in total. The molecule has 1 saturated heterocycles. The first kappa shape index (κ1) is 17.7. The van der Waals surface area contributed by atoms with Gasteiger partial charge in [0.25, 0.3) is 10.0 Å². The lowest BCUT2D eigenvalue weighted by atomic mass is 10.1. The van der Waals surface area contributed by atoms with Crippen LogP contribution in [0.15, 0.2) is 41.3 Å². The Morgan fingerprint density at radius 3 is 2.40 bits per heavy atom. The molecule has 1 aliphatic rings. The molecule has 0 aliphatic carbocycles. The molecule has 134 valence electrons. The molecule has 0 spiro atoms. The van der Waals surface area contributed by atoms with E-state index < -0.39 is 21.7 Å². The average Bonchev–Trinajstić information content (AvgIpc) is 2.58. The molecule has 0 aromatic heterocycles. The van der Waals surface area contributed by atoms with Gasteiger partial charge in [0.1, 0.15) is 11.6 Å². The zero-order chi connectivity index (χ0) is 18.0. The molecule has 25 heavy (non-hydrogen) atoms. The van der Waals surface area contributed by atoms with E-state index in [1.807, 2.05) is 0 Å². The molecule has 0 atom stereocenters. The van der Waals surface area contributed by atoms with Crippen molar-refractivity contribution in [3.63, 3.8) is 0 Å². The molecule has 0 radical (unpaired) electrons. The number of nitrogens with zero attached hydrogens (tertiary/aromatic N) is 1. The van der Waals surface area contributed by atoms with Crippen molar-refractivity contribution in [3.05, 3.63) is 53.6 Å². The predicted octanol–water partition coefficient (Wildman–Crippen LogP) is 4.06. The Hall–Kier alpha value is -2.15. The van der Waals surface area contributed by atoms with E-state index in [-0.39, 0.29) is 16.1 Å². The van der Waals surface area contributed by atoms with E-state index in [9.17, 15) is 17.2 Å². The zero-order valence-electron chi connectivity index (χ0n) is 13.9. The van der Waals surface area contributed by atoms with Gasteiger partial charge in [-0.1, -0.05) is 0 Å². The summed E-state index contributed by atoms with van der Waals surface area (Å²) >= 11 is 0. The third-order valence-corrected chi connectivity index (χ3v) is 5.70. The lowest BCUT2D eigenvalue weighted by Crippen LogP contribution is -2.30. The molecule has 0 bridgehead atoms. The highest BCUT2D eigenvalue weighted by atomic mass is 32.2. The summed E-state index contributed by atoms with van der Waals surface area (Å²) in [5, 5.41) is 0. The monoisotopic (exact) mass is 366 g/mol. The molecule has 3 rings (SSSR count). The minimum Gasteiger partial charge on any atom is -0.370 e. The number of hydrogen-bond acceptors (Lipinski definition) is 3. The Bertz CT molecular complexity index is 879. The molecule has 4 nitrogen and oxygen atoms in total. The standard InChI is InChI=1S/C18H20F2N2O2S/c1-13-11-15(6-7-16(13)20)25(23,24)21-17-12-14(19)5-8-18(17)22-9-3-2-4-10-22/h5-8,11-12,21H,2-4,9-10H2,1H3. The Balaban J connectivity index is 1.95. The molecule has 1 aliphatic heterocycles. The van der Waals surface area contributed by atoms with Crippen LogP contribution in [0.4, 0.5) is 20.2 Å². The van der Waals surface area contributed by atoms with Gasteiger partial charge in [0.2, 0.25) is 0 Å². The van der Waals surface area contributed by atoms with Crippen LogP contribution in [0, 0.1) is 18.6 Å². The third kappa shape index (κ3) is 3.92. The van der Waals surface area contributed by atoms with E-state index in [0.717, 1.165) is 38.4 Å². The van der Waals surface area contributed by atoms with E-state index in [1.54, 1.807) is 6.07 Å². The van der Waals surface area contributed by atoms with Gasteiger partial charge >= 0.3 is 0 Å². The van der Waals surface area contributed by atoms with Gasteiger partial charge in [0.15, 0.2) is 0 Å². The number of rotatable bonds is 4. The maximum absolute atomic E-state index is 13.7. The Morgan fingerprint density at radius 1 is 1.00 bits per heavy atom. The molecule has 0 amide bonds. The Kier molecular flexibility index (Phi) is 4.94. The summed E-state index contributed by atoms with van der Waals surface area (Å²) in [7, 11) is -3.94. The van der Waals surface area contributed by atoms with Crippen LogP contribution in [0.1, 0.15) is 24.8 Å². The van der Waals surface area contributed by atoms with Crippen molar-refractivity contribution in [1.82, 2.24) is 0 Å². The summed E-state index contributed by atoms with van der Waals surface area (Å²) < 4.78 is 54.8. The number of hydrogen-bond donors (Lipinski definition) is 1. The highest BCUT2D eigenvalue weighted by Crippen LogP contribution is 2.31. The van der Waals surface area contributed by atoms with Crippen LogP contribution in [-0.4, -0.2) is 21.5 Å². The van der Waals surface area contributed by atoms with Gasteiger partial charge < -0.3 is 4.90 Å². The van der Waals surface area contributed by atoms with Crippen LogP contribution in [0.5, 0.6) is 0 Å². The Labute approximate surface area is 146 Å². The minimum absolute atomic E-state index is 0.0553. The number of sulfonamides is 1. The first-order valence-electron chi connectivity index (χ1n) is 8.20. The fraction of sp³-hybridized carbons (Fsp3) is 0.333. The van der Waals surface area contributed by atoms with Crippen molar-refractivity contribution in [1.29, 1.82) is 0 Å². The number of aryl methyl sites for hydroxylation is 1. The van der Waals surface area contributed by atoms with Crippen molar-refractivity contribution in [2.45, 2.75) is 31.1 Å². The first-order valence-corrected chi connectivity index (χ1v) is 9.68. The van der Waals surface area contributed by atoms with Gasteiger partial charge in [0.05, 0.1) is 16.3 Å². The summed E-state index contributed by atoms with van der Waals surface area (Å²) in [4.78, 5) is 2.00. The lowest BCUT2D eigenvalue weighted by molar-refractivity contribution is 0.577. The van der Waals surface area contributed by atoms with Crippen molar-refractivity contribution < 1.29 is 17.2 Å². The van der Waals surface area contributed by atoms with Crippen molar-refractivity contribution in [3.8, 4) is 0 Å². The lowest BCUT2D eigenvalue weighted by Gasteiger charge is -2.30. The van der Waals surface area contributed by atoms with Crippen molar-refractivity contribution in [2.24, 2.45) is 0 Å². The van der Waals surface area contributed by atoms with E-state index in [2.05, 4.69) is 9.62 Å². The molecular formula is C18H20F2N2O2S. The van der Waals surface area contributed by atoms with Gasteiger partial charge in [-0.05, 0) is 62.1 Å². The maximum atomic E-state index is 13.7. The van der Waals surface area contributed by atoms with Crippen molar-refractivity contribution in [2.75, 3.05) is 22.7 Å². The molecule has 2 aromatic rings. The fourth-order valence-corrected chi connectivity index (χ4v) is 4.14. The summed E-state index contributed by atoms with van der Waals surface area (Å²) in [6, 6.07) is 7.67. The molecule has 0 saturated carbocycles. The normalized spacial score (nSPS) is 15.2. The highest BCUT2D eigenvalue weighted by Gasteiger charge is 2.21. The van der Waals surface area contributed by atoms with Gasteiger partial charge in [-0.3, -0.25) is 4.72 Å². The quantitative estimate of drug-likeness (QED) is 0.888. The summed E-state index contributed by atoms with van der Waals surface area (Å²) in [5.41, 5.74) is 1.09. The number of halogens is 2. The second kappa shape index (κ2) is 7.00. The second-order valence-electron chi connectivity index (χ2n) is 6.23. The van der Waals surface area contributed by atoms with Gasteiger partial charge in [0, 0.05) is 19.2 Å². The Morgan fingerprint density at radius 2 is 1.72 bits per heavy atom. The number of nitrogens with one attached hydrogen (secondary N) is 1. The van der Waals surface area contributed by atoms with Gasteiger partial charge in [-0.15, -0.1) is 0 Å². The van der Waals surface area contributed by atoms with Crippen LogP contribution < -0.4 is 9.62 Å². The van der Waals surface area contributed by atoms with E-state index in [0.29, 0.717) is 5.69 Å². The summed E-state index contributed by atoms with van der Waals surface area (Å²) in [5.74, 6) is -0.993. The van der Waals surface area contributed by atoms with Gasteiger partial charge in [-0.25, -0.2) is 17.2 Å². The smallest absolute Gasteiger partial charge is 0.261 e.